The van der Waals surface area contributed by atoms with E-state index in [0.717, 1.165) is 5.01 Å². The molecule has 3 N–H and O–H groups in total. The smallest absolute Gasteiger partial charge is 0.292 e. The van der Waals surface area contributed by atoms with Crippen molar-refractivity contribution in [2.45, 2.75) is 46.2 Å². The summed E-state index contributed by atoms with van der Waals surface area (Å²) < 4.78 is 0. The first-order chi connectivity index (χ1) is 9.74. The first kappa shape index (κ1) is 17.4. The number of nitrogens with one attached hydrogen (secondary N) is 1. The third-order valence-corrected chi connectivity index (χ3v) is 3.94. The fourth-order valence-electron chi connectivity index (χ4n) is 2.15. The largest absolute Gasteiger partial charge is 0.375 e. The molecule has 0 aromatic rings. The van der Waals surface area contributed by atoms with Gasteiger partial charge in [-0.05, 0) is 31.5 Å². The van der Waals surface area contributed by atoms with E-state index in [1.807, 2.05) is 6.92 Å². The third kappa shape index (κ3) is 3.90. The van der Waals surface area contributed by atoms with Crippen LogP contribution in [0.25, 0.3) is 0 Å². The third-order valence-electron chi connectivity index (χ3n) is 3.85. The number of hydrogen-bond donors (Lipinski definition) is 2. The molecule has 1 fully saturated rings. The molecule has 0 bridgehead atoms. The standard InChI is InChI=1S/C13H22N4O3S/c1-4-13(2,3)10(19)11(20)16-7-5-6-9(16)17(8-18)15-12(14)21/h8-9H,4-7H2,1-3H3,(H3,14,15,21). The van der Waals surface area contributed by atoms with Gasteiger partial charge in [0.1, 0.15) is 6.17 Å². The van der Waals surface area contributed by atoms with Gasteiger partial charge in [-0.2, -0.15) is 0 Å². The van der Waals surface area contributed by atoms with Gasteiger partial charge in [0.2, 0.25) is 12.2 Å². The molecule has 7 nitrogen and oxygen atoms in total. The highest BCUT2D eigenvalue weighted by molar-refractivity contribution is 7.80. The number of rotatable bonds is 6. The number of hydrazine groups is 1. The molecule has 1 rings (SSSR count). The van der Waals surface area contributed by atoms with Crippen molar-refractivity contribution < 1.29 is 14.4 Å². The number of thiocarbonyl (C=S) groups is 1. The number of nitrogens with zero attached hydrogens (tertiary/aromatic N) is 2. The summed E-state index contributed by atoms with van der Waals surface area (Å²) in [5.74, 6) is -1.01. The lowest BCUT2D eigenvalue weighted by Crippen LogP contribution is -2.57. The number of carbonyl (C=O) groups is 3. The van der Waals surface area contributed by atoms with Gasteiger partial charge in [-0.25, -0.2) is 5.01 Å². The predicted molar refractivity (Wildman–Crippen MR) is 81.6 cm³/mol. The van der Waals surface area contributed by atoms with Crippen molar-refractivity contribution in [2.24, 2.45) is 11.1 Å². The Morgan fingerprint density at radius 1 is 1.52 bits per heavy atom. The van der Waals surface area contributed by atoms with Crippen LogP contribution in [0.4, 0.5) is 0 Å². The average molecular weight is 314 g/mol. The Hall–Kier alpha value is -1.70. The van der Waals surface area contributed by atoms with Gasteiger partial charge < -0.3 is 10.6 Å². The first-order valence-electron chi connectivity index (χ1n) is 6.89. The van der Waals surface area contributed by atoms with Gasteiger partial charge in [-0.15, -0.1) is 0 Å². The molecule has 1 unspecified atom stereocenters. The molecule has 1 saturated heterocycles. The van der Waals surface area contributed by atoms with Gasteiger partial charge in [0.05, 0.1) is 0 Å². The predicted octanol–water partition coefficient (Wildman–Crippen LogP) is 0.147. The zero-order valence-corrected chi connectivity index (χ0v) is 13.4. The maximum atomic E-state index is 12.4. The Bertz CT molecular complexity index is 453. The highest BCUT2D eigenvalue weighted by atomic mass is 32.1. The van der Waals surface area contributed by atoms with Crippen LogP contribution in [0.3, 0.4) is 0 Å². The molecule has 0 radical (unpaired) electrons. The maximum absolute atomic E-state index is 12.4. The molecule has 0 aromatic heterocycles. The average Bonchev–Trinajstić information content (AvgIpc) is 2.91. The number of amides is 2. The molecule has 0 spiro atoms. The van der Waals surface area contributed by atoms with Crippen molar-refractivity contribution >= 4 is 35.4 Å². The van der Waals surface area contributed by atoms with Gasteiger partial charge in [-0.1, -0.05) is 20.8 Å². The second-order valence-corrected chi connectivity index (χ2v) is 6.12. The highest BCUT2D eigenvalue weighted by Gasteiger charge is 2.40. The Morgan fingerprint density at radius 2 is 2.14 bits per heavy atom. The van der Waals surface area contributed by atoms with E-state index in [1.165, 1.54) is 4.90 Å². The summed E-state index contributed by atoms with van der Waals surface area (Å²) in [6.45, 7) is 5.77. The summed E-state index contributed by atoms with van der Waals surface area (Å²) in [6.07, 6.45) is 1.82. The van der Waals surface area contributed by atoms with Crippen LogP contribution in [0.2, 0.25) is 0 Å². The quantitative estimate of drug-likeness (QED) is 0.313. The van der Waals surface area contributed by atoms with Crippen LogP contribution in [0, 0.1) is 5.41 Å². The zero-order chi connectivity index (χ0) is 16.2. The van der Waals surface area contributed by atoms with Crippen molar-refractivity contribution in [3.05, 3.63) is 0 Å². The monoisotopic (exact) mass is 314 g/mol. The van der Waals surface area contributed by atoms with E-state index in [4.69, 9.17) is 18.0 Å². The first-order valence-corrected chi connectivity index (χ1v) is 7.30. The van der Waals surface area contributed by atoms with Crippen LogP contribution < -0.4 is 11.2 Å². The van der Waals surface area contributed by atoms with Gasteiger partial charge in [-0.3, -0.25) is 19.8 Å². The molecule has 21 heavy (non-hydrogen) atoms. The van der Waals surface area contributed by atoms with E-state index < -0.39 is 23.3 Å². The summed E-state index contributed by atoms with van der Waals surface area (Å²) in [5.41, 5.74) is 7.16. The Kier molecular flexibility index (Phi) is 5.65. The minimum absolute atomic E-state index is 0.0680. The van der Waals surface area contributed by atoms with Crippen LogP contribution in [0.15, 0.2) is 0 Å². The van der Waals surface area contributed by atoms with Crippen molar-refractivity contribution in [1.82, 2.24) is 15.3 Å². The fourth-order valence-corrected chi connectivity index (χ4v) is 2.26. The minimum atomic E-state index is -0.715. The summed E-state index contributed by atoms with van der Waals surface area (Å²) in [6, 6.07) is 0. The van der Waals surface area contributed by atoms with E-state index in [2.05, 4.69) is 5.43 Å². The number of Topliss-reactive ketones (excluding diaryl/α,β-unsaturated/α-hetero) is 1. The Morgan fingerprint density at radius 3 is 2.62 bits per heavy atom. The molecule has 1 aliphatic rings. The zero-order valence-electron chi connectivity index (χ0n) is 12.6. The summed E-state index contributed by atoms with van der Waals surface area (Å²) in [5, 5.41) is 1.07. The second kappa shape index (κ2) is 6.84. The number of carbonyl (C=O) groups excluding carboxylic acids is 3. The van der Waals surface area contributed by atoms with Gasteiger partial charge in [0, 0.05) is 12.0 Å². The van der Waals surface area contributed by atoms with Crippen molar-refractivity contribution in [3.8, 4) is 0 Å². The van der Waals surface area contributed by atoms with E-state index >= 15 is 0 Å². The van der Waals surface area contributed by atoms with Crippen LogP contribution in [-0.2, 0) is 14.4 Å². The SMILES string of the molecule is CCC(C)(C)C(=O)C(=O)N1CCCC1N(C=O)NC(N)=S. The van der Waals surface area contributed by atoms with Crippen molar-refractivity contribution in [1.29, 1.82) is 0 Å². The minimum Gasteiger partial charge on any atom is -0.375 e. The second-order valence-electron chi connectivity index (χ2n) is 5.68. The normalized spacial score (nSPS) is 18.2. The lowest BCUT2D eigenvalue weighted by Gasteiger charge is -2.33. The van der Waals surface area contributed by atoms with E-state index in [9.17, 15) is 14.4 Å². The summed E-state index contributed by atoms with van der Waals surface area (Å²) in [4.78, 5) is 37.2. The number of hydrogen-bond acceptors (Lipinski definition) is 4. The van der Waals surface area contributed by atoms with E-state index in [1.54, 1.807) is 13.8 Å². The number of likely N-dealkylation sites (tertiary alicyclic amines) is 1. The molecule has 2 amide bonds. The molecule has 1 atom stereocenters. The summed E-state index contributed by atoms with van der Waals surface area (Å²) in [7, 11) is 0. The van der Waals surface area contributed by atoms with E-state index in [0.29, 0.717) is 32.2 Å². The molecular weight excluding hydrogens is 292 g/mol. The molecule has 118 valence electrons. The highest BCUT2D eigenvalue weighted by Crippen LogP contribution is 2.26. The molecule has 1 aliphatic heterocycles. The van der Waals surface area contributed by atoms with Crippen LogP contribution >= 0.6 is 12.2 Å². The molecular formula is C13H22N4O3S. The molecule has 0 aliphatic carbocycles. The summed E-state index contributed by atoms with van der Waals surface area (Å²) >= 11 is 4.70. The Labute approximate surface area is 129 Å². The Balaban J connectivity index is 2.90. The van der Waals surface area contributed by atoms with Crippen LogP contribution in [0.5, 0.6) is 0 Å². The number of nitrogens with two attached hydrogens (primary N) is 1. The fraction of sp³-hybridized carbons (Fsp3) is 0.692. The van der Waals surface area contributed by atoms with Gasteiger partial charge >= 0.3 is 0 Å². The molecule has 1 heterocycles. The topological polar surface area (TPSA) is 95.7 Å². The molecule has 0 saturated carbocycles. The van der Waals surface area contributed by atoms with Crippen LogP contribution in [-0.4, -0.2) is 45.8 Å². The van der Waals surface area contributed by atoms with E-state index in [-0.39, 0.29) is 5.11 Å². The lowest BCUT2D eigenvalue weighted by atomic mass is 9.84. The van der Waals surface area contributed by atoms with Gasteiger partial charge in [0.25, 0.3) is 5.91 Å². The van der Waals surface area contributed by atoms with Crippen molar-refractivity contribution in [3.63, 3.8) is 0 Å². The molecule has 8 heteroatoms. The van der Waals surface area contributed by atoms with Crippen LogP contribution in [0.1, 0.15) is 40.0 Å². The maximum Gasteiger partial charge on any atom is 0.292 e. The number of ketones is 1. The molecule has 0 aromatic carbocycles. The lowest BCUT2D eigenvalue weighted by molar-refractivity contribution is -0.153. The van der Waals surface area contributed by atoms with Crippen molar-refractivity contribution in [2.75, 3.05) is 6.54 Å². The van der Waals surface area contributed by atoms with Gasteiger partial charge in [0.15, 0.2) is 5.11 Å².